The molecule has 1 heterocycles. The number of sulfonamides is 1. The average molecular weight is 518 g/mol. The molecule has 36 heavy (non-hydrogen) atoms. The van der Waals surface area contributed by atoms with Gasteiger partial charge >= 0.3 is 12.2 Å². The smallest absolute Gasteiger partial charge is 0.294 e. The minimum absolute atomic E-state index is 0.0580. The highest BCUT2D eigenvalue weighted by molar-refractivity contribution is 7.89. The maximum atomic E-state index is 13.9. The number of rotatable bonds is 5. The molecule has 2 aromatic carbocycles. The molecular weight excluding hydrogens is 495 g/mol. The highest BCUT2D eigenvalue weighted by atomic mass is 32.2. The second-order valence-corrected chi connectivity index (χ2v) is 10.5. The second-order valence-electron chi connectivity index (χ2n) is 8.55. The predicted octanol–water partition coefficient (Wildman–Crippen LogP) is 5.31. The zero-order valence-electron chi connectivity index (χ0n) is 19.2. The highest BCUT2D eigenvalue weighted by Gasteiger charge is 2.49. The van der Waals surface area contributed by atoms with E-state index in [4.69, 9.17) is 5.26 Å². The van der Waals surface area contributed by atoms with Crippen LogP contribution in [0.1, 0.15) is 55.3 Å². The maximum Gasteiger partial charge on any atom is 0.416 e. The lowest BCUT2D eigenvalue weighted by molar-refractivity contribution is -0.137. The normalized spacial score (nSPS) is 18.8. The van der Waals surface area contributed by atoms with E-state index in [2.05, 4.69) is 0 Å². The number of halogens is 3. The lowest BCUT2D eigenvalue weighted by atomic mass is 9.84. The lowest BCUT2D eigenvalue weighted by Crippen LogP contribution is -2.54. The van der Waals surface area contributed by atoms with E-state index in [0.29, 0.717) is 21.9 Å². The van der Waals surface area contributed by atoms with Crippen LogP contribution in [0.25, 0.3) is 0 Å². The fourth-order valence-corrected chi connectivity index (χ4v) is 6.18. The van der Waals surface area contributed by atoms with Crippen molar-refractivity contribution in [3.63, 3.8) is 0 Å². The summed E-state index contributed by atoms with van der Waals surface area (Å²) in [5.41, 5.74) is -0.316. The number of benzene rings is 2. The van der Waals surface area contributed by atoms with Crippen molar-refractivity contribution in [3.05, 3.63) is 76.5 Å². The Bertz CT molecular complexity index is 1390. The van der Waals surface area contributed by atoms with Crippen LogP contribution >= 0.6 is 0 Å². The molecule has 1 unspecified atom stereocenters. The molecule has 0 spiro atoms. The summed E-state index contributed by atoms with van der Waals surface area (Å²) in [6.45, 7) is 1.61. The molecule has 2 aromatic rings. The molecule has 2 amide bonds. The molecule has 0 saturated carbocycles. The van der Waals surface area contributed by atoms with E-state index in [1.54, 1.807) is 6.92 Å². The van der Waals surface area contributed by atoms with E-state index in [9.17, 15) is 31.2 Å². The summed E-state index contributed by atoms with van der Waals surface area (Å²) in [5, 5.41) is 9.14. The molecule has 11 heteroatoms. The number of hydrogen-bond acceptors (Lipinski definition) is 5. The minimum atomic E-state index is -4.69. The monoisotopic (exact) mass is 517 g/mol. The molecule has 0 saturated heterocycles. The van der Waals surface area contributed by atoms with Crippen molar-refractivity contribution in [1.82, 2.24) is 4.31 Å². The zero-order valence-corrected chi connectivity index (χ0v) is 20.1. The number of carbonyl (C=O) groups excluding carboxylic acids is 2. The van der Waals surface area contributed by atoms with E-state index < -0.39 is 39.6 Å². The maximum absolute atomic E-state index is 13.9. The SMILES string of the molecule is CCCS(=O)(=O)N1C(=O)N(c2cccc(C(F)(F)F)c2)C2=C(C(=O)CCC2)C1c1ccc(C#N)cc1. The molecular formula is C25H22F3N3O4S. The number of carbonyl (C=O) groups is 2. The first-order valence-corrected chi connectivity index (χ1v) is 12.9. The van der Waals surface area contributed by atoms with Gasteiger partial charge < -0.3 is 0 Å². The number of nitrogens with zero attached hydrogens (tertiary/aromatic N) is 3. The summed E-state index contributed by atoms with van der Waals surface area (Å²) in [7, 11) is -4.28. The van der Waals surface area contributed by atoms with Crippen LogP contribution in [-0.4, -0.2) is 30.3 Å². The summed E-state index contributed by atoms with van der Waals surface area (Å²) in [6, 6.07) is 9.54. The standard InChI is InChI=1S/C25H22F3N3O4S/c1-2-13-36(34,35)31-23(17-11-9-16(15-29)10-12-17)22-20(7-4-8-21(22)32)30(24(31)33)19-6-3-5-18(14-19)25(26,27)28/h3,5-6,9-12,14,23H,2,4,7-8,13H2,1H3. The highest BCUT2D eigenvalue weighted by Crippen LogP contribution is 2.46. The van der Waals surface area contributed by atoms with Gasteiger partial charge in [0.2, 0.25) is 10.0 Å². The van der Waals surface area contributed by atoms with E-state index in [1.807, 2.05) is 6.07 Å². The summed E-state index contributed by atoms with van der Waals surface area (Å²) in [4.78, 5) is 28.0. The Morgan fingerprint density at radius 3 is 2.39 bits per heavy atom. The quantitative estimate of drug-likeness (QED) is 0.536. The van der Waals surface area contributed by atoms with Gasteiger partial charge in [0.25, 0.3) is 0 Å². The van der Waals surface area contributed by atoms with E-state index in [0.717, 1.165) is 23.1 Å². The van der Waals surface area contributed by atoms with Gasteiger partial charge in [0.15, 0.2) is 5.78 Å². The molecule has 0 radical (unpaired) electrons. The van der Waals surface area contributed by atoms with Crippen LogP contribution in [0.5, 0.6) is 0 Å². The Morgan fingerprint density at radius 2 is 1.78 bits per heavy atom. The Balaban J connectivity index is 2.00. The fraction of sp³-hybridized carbons (Fsp3) is 0.320. The van der Waals surface area contributed by atoms with Crippen LogP contribution in [-0.2, 0) is 21.0 Å². The third-order valence-electron chi connectivity index (χ3n) is 6.14. The van der Waals surface area contributed by atoms with Crippen LogP contribution < -0.4 is 4.90 Å². The molecule has 188 valence electrons. The van der Waals surface area contributed by atoms with E-state index >= 15 is 0 Å². The summed E-state index contributed by atoms with van der Waals surface area (Å²) >= 11 is 0. The van der Waals surface area contributed by atoms with Crippen LogP contribution in [0.3, 0.4) is 0 Å². The second kappa shape index (κ2) is 9.43. The third-order valence-corrected chi connectivity index (χ3v) is 8.03. The topological polar surface area (TPSA) is 98.6 Å². The number of amides is 2. The van der Waals surface area contributed by atoms with Gasteiger partial charge in [0.05, 0.1) is 28.6 Å². The predicted molar refractivity (Wildman–Crippen MR) is 125 cm³/mol. The van der Waals surface area contributed by atoms with Crippen molar-refractivity contribution < 1.29 is 31.2 Å². The average Bonchev–Trinajstić information content (AvgIpc) is 2.83. The molecule has 0 fully saturated rings. The Kier molecular flexibility index (Phi) is 6.66. The van der Waals surface area contributed by atoms with E-state index in [1.165, 1.54) is 30.3 Å². The molecule has 1 aliphatic carbocycles. The van der Waals surface area contributed by atoms with Gasteiger partial charge in [0, 0.05) is 17.7 Å². The largest absolute Gasteiger partial charge is 0.416 e. The Hall–Kier alpha value is -3.65. The van der Waals surface area contributed by atoms with Crippen LogP contribution in [0.15, 0.2) is 59.8 Å². The number of ketones is 1. The first-order chi connectivity index (χ1) is 17.0. The lowest BCUT2D eigenvalue weighted by Gasteiger charge is -2.44. The van der Waals surface area contributed by atoms with Gasteiger partial charge in [-0.3, -0.25) is 9.69 Å². The molecule has 0 aromatic heterocycles. The van der Waals surface area contributed by atoms with Gasteiger partial charge in [-0.1, -0.05) is 25.1 Å². The summed E-state index contributed by atoms with van der Waals surface area (Å²) in [6.07, 6.45) is -3.83. The number of hydrogen-bond donors (Lipinski definition) is 0. The number of urea groups is 1. The first-order valence-electron chi connectivity index (χ1n) is 11.3. The van der Waals surface area contributed by atoms with Gasteiger partial charge in [0.1, 0.15) is 6.04 Å². The fourth-order valence-electron chi connectivity index (χ4n) is 4.60. The van der Waals surface area contributed by atoms with Crippen molar-refractivity contribution in [2.24, 2.45) is 0 Å². The molecule has 1 atom stereocenters. The van der Waals surface area contributed by atoms with Crippen molar-refractivity contribution >= 4 is 27.5 Å². The van der Waals surface area contributed by atoms with Gasteiger partial charge in [-0.25, -0.2) is 17.5 Å². The Labute approximate surface area is 206 Å². The minimum Gasteiger partial charge on any atom is -0.294 e. The third kappa shape index (κ3) is 4.48. The molecule has 0 N–H and O–H groups in total. The molecule has 4 rings (SSSR count). The Morgan fingerprint density at radius 1 is 1.08 bits per heavy atom. The first kappa shape index (κ1) is 25.4. The van der Waals surface area contributed by atoms with Crippen LogP contribution in [0, 0.1) is 11.3 Å². The zero-order chi connectivity index (χ0) is 26.3. The molecule has 0 bridgehead atoms. The molecule has 1 aliphatic heterocycles. The van der Waals surface area contributed by atoms with Gasteiger partial charge in [-0.2, -0.15) is 18.4 Å². The summed E-state index contributed by atoms with van der Waals surface area (Å²) < 4.78 is 67.7. The van der Waals surface area contributed by atoms with Crippen molar-refractivity contribution in [3.8, 4) is 6.07 Å². The van der Waals surface area contributed by atoms with Crippen molar-refractivity contribution in [2.75, 3.05) is 10.7 Å². The van der Waals surface area contributed by atoms with Crippen molar-refractivity contribution in [2.45, 2.75) is 44.8 Å². The number of allylic oxidation sites excluding steroid dienone is 1. The number of anilines is 1. The number of Topliss-reactive ketones (excluding diaryl/α,β-unsaturated/α-hetero) is 1. The van der Waals surface area contributed by atoms with Gasteiger partial charge in [-0.05, 0) is 55.2 Å². The van der Waals surface area contributed by atoms with E-state index in [-0.39, 0.29) is 42.0 Å². The summed E-state index contributed by atoms with van der Waals surface area (Å²) in [5.74, 6) is -0.787. The number of nitriles is 1. The molecule has 2 aliphatic rings. The van der Waals surface area contributed by atoms with Gasteiger partial charge in [-0.15, -0.1) is 0 Å². The number of alkyl halides is 3. The van der Waals surface area contributed by atoms with Crippen molar-refractivity contribution in [1.29, 1.82) is 5.26 Å². The van der Waals surface area contributed by atoms with Crippen LogP contribution in [0.4, 0.5) is 23.7 Å². The van der Waals surface area contributed by atoms with Crippen LogP contribution in [0.2, 0.25) is 0 Å². The molecule has 7 nitrogen and oxygen atoms in total.